The van der Waals surface area contributed by atoms with Crippen molar-refractivity contribution in [2.75, 3.05) is 5.43 Å². The number of aromatic amines is 1. The molecular formula is C21H20N6OS. The first-order valence-corrected chi connectivity index (χ1v) is 10.5. The number of hydrazone groups is 1. The van der Waals surface area contributed by atoms with Crippen molar-refractivity contribution in [1.82, 2.24) is 19.7 Å². The zero-order valence-electron chi connectivity index (χ0n) is 16.0. The molecule has 0 amide bonds. The summed E-state index contributed by atoms with van der Waals surface area (Å²) < 4.78 is 1.52. The van der Waals surface area contributed by atoms with Crippen LogP contribution in [0.15, 0.2) is 46.6 Å². The summed E-state index contributed by atoms with van der Waals surface area (Å²) in [5.41, 5.74) is 6.30. The smallest absolute Gasteiger partial charge is 0.280 e. The Morgan fingerprint density at radius 2 is 2.03 bits per heavy atom. The maximum absolute atomic E-state index is 12.8. The summed E-state index contributed by atoms with van der Waals surface area (Å²) in [6.07, 6.45) is 7.71. The number of nitrogens with zero attached hydrogens (tertiary/aromatic N) is 4. The molecule has 0 spiro atoms. The summed E-state index contributed by atoms with van der Waals surface area (Å²) in [7, 11) is 0. The highest BCUT2D eigenvalue weighted by molar-refractivity contribution is 7.19. The number of rotatable bonds is 4. The van der Waals surface area contributed by atoms with E-state index in [9.17, 15) is 4.79 Å². The highest BCUT2D eigenvalue weighted by Crippen LogP contribution is 2.38. The number of aromatic nitrogens is 4. The number of fused-ring (bicyclic) bond motifs is 3. The lowest BCUT2D eigenvalue weighted by Crippen LogP contribution is -2.17. The van der Waals surface area contributed by atoms with Crippen molar-refractivity contribution < 1.29 is 0 Å². The van der Waals surface area contributed by atoms with Crippen LogP contribution in [0, 0.1) is 6.92 Å². The first kappa shape index (κ1) is 17.8. The molecule has 3 heterocycles. The Bertz CT molecular complexity index is 1270. The van der Waals surface area contributed by atoms with Gasteiger partial charge in [0.15, 0.2) is 5.82 Å². The molecule has 0 saturated carbocycles. The summed E-state index contributed by atoms with van der Waals surface area (Å²) >= 11 is 1.75. The van der Waals surface area contributed by atoms with E-state index in [0.717, 1.165) is 34.4 Å². The van der Waals surface area contributed by atoms with E-state index in [1.165, 1.54) is 28.0 Å². The van der Waals surface area contributed by atoms with Gasteiger partial charge in [-0.1, -0.05) is 18.2 Å². The van der Waals surface area contributed by atoms with Gasteiger partial charge in [-0.2, -0.15) is 5.10 Å². The number of para-hydroxylation sites is 1. The van der Waals surface area contributed by atoms with Crippen molar-refractivity contribution in [1.29, 1.82) is 0 Å². The van der Waals surface area contributed by atoms with Crippen molar-refractivity contribution in [3.05, 3.63) is 68.7 Å². The van der Waals surface area contributed by atoms with Crippen molar-refractivity contribution in [2.24, 2.45) is 5.10 Å². The van der Waals surface area contributed by atoms with E-state index in [2.05, 4.69) is 25.6 Å². The third-order valence-electron chi connectivity index (χ3n) is 5.25. The molecular weight excluding hydrogens is 384 g/mol. The largest absolute Gasteiger partial charge is 0.295 e. The Hall–Kier alpha value is -3.26. The number of thiophene rings is 1. The van der Waals surface area contributed by atoms with E-state index in [0.29, 0.717) is 11.4 Å². The van der Waals surface area contributed by atoms with Crippen LogP contribution < -0.4 is 11.0 Å². The highest BCUT2D eigenvalue weighted by atomic mass is 32.1. The summed E-state index contributed by atoms with van der Waals surface area (Å²) in [6.45, 7) is 1.86. The second kappa shape index (κ2) is 7.29. The number of nitrogens with one attached hydrogen (secondary N) is 2. The van der Waals surface area contributed by atoms with Gasteiger partial charge in [0.2, 0.25) is 0 Å². The van der Waals surface area contributed by atoms with E-state index in [1.807, 2.05) is 37.3 Å². The maximum atomic E-state index is 12.8. The first-order chi connectivity index (χ1) is 14.2. The predicted octanol–water partition coefficient (Wildman–Crippen LogP) is 3.80. The molecule has 7 nitrogen and oxygen atoms in total. The number of anilines is 1. The zero-order valence-corrected chi connectivity index (χ0v) is 16.8. The number of hydrogen-bond acceptors (Lipinski definition) is 6. The van der Waals surface area contributed by atoms with Gasteiger partial charge in [-0.05, 0) is 50.3 Å². The molecule has 146 valence electrons. The Morgan fingerprint density at radius 3 is 2.90 bits per heavy atom. The highest BCUT2D eigenvalue weighted by Gasteiger charge is 2.19. The van der Waals surface area contributed by atoms with Crippen LogP contribution in [0.1, 0.15) is 34.5 Å². The Labute approximate surface area is 171 Å². The molecule has 0 bridgehead atoms. The van der Waals surface area contributed by atoms with Crippen LogP contribution in [0.4, 0.5) is 5.82 Å². The van der Waals surface area contributed by atoms with Gasteiger partial charge in [0.25, 0.3) is 5.56 Å². The predicted molar refractivity (Wildman–Crippen MR) is 116 cm³/mol. The van der Waals surface area contributed by atoms with Gasteiger partial charge in [-0.3, -0.25) is 15.3 Å². The van der Waals surface area contributed by atoms with E-state index in [4.69, 9.17) is 0 Å². The third-order valence-corrected chi connectivity index (χ3v) is 6.45. The number of benzene rings is 1. The summed E-state index contributed by atoms with van der Waals surface area (Å²) in [5, 5.41) is 8.50. The number of H-pyrrole nitrogens is 1. The van der Waals surface area contributed by atoms with Gasteiger partial charge in [0.1, 0.15) is 11.2 Å². The zero-order chi connectivity index (χ0) is 19.8. The number of hydrogen-bond donors (Lipinski definition) is 2. The van der Waals surface area contributed by atoms with Crippen LogP contribution in [0.3, 0.4) is 0 Å². The van der Waals surface area contributed by atoms with Crippen molar-refractivity contribution in [3.8, 4) is 5.69 Å². The van der Waals surface area contributed by atoms with Gasteiger partial charge in [0.05, 0.1) is 22.9 Å². The van der Waals surface area contributed by atoms with Crippen LogP contribution in [-0.4, -0.2) is 26.0 Å². The van der Waals surface area contributed by atoms with Gasteiger partial charge in [-0.25, -0.2) is 14.6 Å². The van der Waals surface area contributed by atoms with Gasteiger partial charge in [0, 0.05) is 10.6 Å². The van der Waals surface area contributed by atoms with Gasteiger partial charge >= 0.3 is 0 Å². The van der Waals surface area contributed by atoms with Gasteiger partial charge < -0.3 is 0 Å². The second-order valence-electron chi connectivity index (χ2n) is 7.11. The first-order valence-electron chi connectivity index (χ1n) is 9.64. The monoisotopic (exact) mass is 404 g/mol. The van der Waals surface area contributed by atoms with Crippen molar-refractivity contribution >= 4 is 33.6 Å². The van der Waals surface area contributed by atoms with Gasteiger partial charge in [-0.15, -0.1) is 11.3 Å². The molecule has 1 aliphatic rings. The quantitative estimate of drug-likeness (QED) is 0.400. The molecule has 0 fully saturated rings. The topological polar surface area (TPSA) is 88.0 Å². The lowest BCUT2D eigenvalue weighted by Gasteiger charge is -2.11. The summed E-state index contributed by atoms with van der Waals surface area (Å²) in [6, 6.07) is 9.48. The SMILES string of the molecule is Cc1[nH]n(-c2ccccc2)c(=O)c1/C=N/Nc1ncnc2sc3c(c12)CCCC3. The molecule has 4 aromatic rings. The third kappa shape index (κ3) is 3.15. The minimum absolute atomic E-state index is 0.139. The molecule has 0 aliphatic heterocycles. The molecule has 8 heteroatoms. The van der Waals surface area contributed by atoms with Crippen LogP contribution >= 0.6 is 11.3 Å². The van der Waals surface area contributed by atoms with E-state index >= 15 is 0 Å². The summed E-state index contributed by atoms with van der Waals surface area (Å²) in [5.74, 6) is 0.697. The molecule has 1 aromatic carbocycles. The molecule has 0 unspecified atom stereocenters. The van der Waals surface area contributed by atoms with E-state index in [1.54, 1.807) is 23.9 Å². The Morgan fingerprint density at radius 1 is 1.21 bits per heavy atom. The van der Waals surface area contributed by atoms with E-state index in [-0.39, 0.29) is 5.56 Å². The molecule has 5 rings (SSSR count). The van der Waals surface area contributed by atoms with Crippen molar-refractivity contribution in [2.45, 2.75) is 32.6 Å². The Kier molecular flexibility index (Phi) is 4.48. The van der Waals surface area contributed by atoms with Crippen LogP contribution in [0.5, 0.6) is 0 Å². The summed E-state index contributed by atoms with van der Waals surface area (Å²) in [4.78, 5) is 24.0. The van der Waals surface area contributed by atoms with Crippen LogP contribution in [0.2, 0.25) is 0 Å². The minimum Gasteiger partial charge on any atom is -0.295 e. The van der Waals surface area contributed by atoms with Crippen LogP contribution in [0.25, 0.3) is 15.9 Å². The number of aryl methyl sites for hydroxylation is 3. The lowest BCUT2D eigenvalue weighted by atomic mass is 9.97. The molecule has 2 N–H and O–H groups in total. The molecule has 0 radical (unpaired) electrons. The average Bonchev–Trinajstić information content (AvgIpc) is 3.27. The lowest BCUT2D eigenvalue weighted by molar-refractivity contribution is 0.700. The van der Waals surface area contributed by atoms with Crippen molar-refractivity contribution in [3.63, 3.8) is 0 Å². The van der Waals surface area contributed by atoms with E-state index < -0.39 is 0 Å². The fourth-order valence-corrected chi connectivity index (χ4v) is 5.03. The molecule has 0 saturated heterocycles. The molecule has 1 aliphatic carbocycles. The fourth-order valence-electron chi connectivity index (χ4n) is 3.80. The standard InChI is InChI=1S/C21H20N6OS/c1-13-16(21(28)27(26-13)14-7-3-2-4-8-14)11-24-25-19-18-15-9-5-6-10-17(15)29-20(18)23-12-22-19/h2-4,7-8,11-12,26H,5-6,9-10H2,1H3,(H,22,23,25)/b24-11+. The van der Waals surface area contributed by atoms with Crippen LogP contribution in [-0.2, 0) is 12.8 Å². The minimum atomic E-state index is -0.139. The maximum Gasteiger partial charge on any atom is 0.280 e. The average molecular weight is 404 g/mol. The Balaban J connectivity index is 1.46. The molecule has 0 atom stereocenters. The second-order valence-corrected chi connectivity index (χ2v) is 8.19. The molecule has 3 aromatic heterocycles. The fraction of sp³-hybridized carbons (Fsp3) is 0.238. The normalized spacial score (nSPS) is 13.8. The molecule has 29 heavy (non-hydrogen) atoms.